The molecule has 0 unspecified atom stereocenters. The van der Waals surface area contributed by atoms with Crippen molar-refractivity contribution in [2.75, 3.05) is 6.54 Å². The van der Waals surface area contributed by atoms with Gasteiger partial charge in [0.15, 0.2) is 5.65 Å². The van der Waals surface area contributed by atoms with Gasteiger partial charge in [0.05, 0.1) is 29.7 Å². The summed E-state index contributed by atoms with van der Waals surface area (Å²) in [5, 5.41) is 10.5. The van der Waals surface area contributed by atoms with Crippen LogP contribution in [0.2, 0.25) is 0 Å². The minimum Gasteiger partial charge on any atom is -0.348 e. The summed E-state index contributed by atoms with van der Waals surface area (Å²) in [7, 11) is 0. The Hall–Kier alpha value is -3.59. The van der Waals surface area contributed by atoms with E-state index in [1.165, 1.54) is 6.33 Å². The molecule has 1 atom stereocenters. The first-order valence-corrected chi connectivity index (χ1v) is 10.5. The predicted octanol–water partition coefficient (Wildman–Crippen LogP) is 2.25. The number of carbonyl (C=O) groups excluding carboxylic acids is 1. The molecular weight excluding hydrogens is 392 g/mol. The van der Waals surface area contributed by atoms with Gasteiger partial charge in [-0.2, -0.15) is 5.10 Å². The second-order valence-electron chi connectivity index (χ2n) is 7.77. The van der Waals surface area contributed by atoms with Crippen LogP contribution in [0.5, 0.6) is 0 Å². The van der Waals surface area contributed by atoms with Gasteiger partial charge in [0.2, 0.25) is 5.91 Å². The molecule has 31 heavy (non-hydrogen) atoms. The van der Waals surface area contributed by atoms with Crippen molar-refractivity contribution in [2.45, 2.75) is 38.8 Å². The van der Waals surface area contributed by atoms with E-state index in [4.69, 9.17) is 4.98 Å². The number of aryl methyl sites for hydroxylation is 1. The Bertz CT molecular complexity index is 1220. The number of pyridine rings is 2. The van der Waals surface area contributed by atoms with E-state index in [1.807, 2.05) is 43.5 Å². The predicted molar refractivity (Wildman–Crippen MR) is 116 cm³/mol. The first kappa shape index (κ1) is 19.4. The van der Waals surface area contributed by atoms with E-state index in [0.29, 0.717) is 12.4 Å². The minimum atomic E-state index is -0.129. The fourth-order valence-electron chi connectivity index (χ4n) is 3.91. The highest BCUT2D eigenvalue weighted by molar-refractivity contribution is 5.82. The average Bonchev–Trinajstić information content (AvgIpc) is 3.44. The number of H-pyrrole nitrogens is 1. The van der Waals surface area contributed by atoms with Gasteiger partial charge in [0.25, 0.3) is 0 Å². The Labute approximate surface area is 179 Å². The molecule has 0 radical (unpaired) electrons. The highest BCUT2D eigenvalue weighted by atomic mass is 16.2. The van der Waals surface area contributed by atoms with Crippen LogP contribution in [0.1, 0.15) is 30.8 Å². The number of imidazole rings is 1. The number of carbonyl (C=O) groups is 1. The summed E-state index contributed by atoms with van der Waals surface area (Å²) >= 11 is 0. The molecule has 3 N–H and O–H groups in total. The van der Waals surface area contributed by atoms with Crippen LogP contribution >= 0.6 is 0 Å². The molecule has 9 heteroatoms. The van der Waals surface area contributed by atoms with Crippen LogP contribution < -0.4 is 10.6 Å². The molecule has 4 aromatic rings. The van der Waals surface area contributed by atoms with Gasteiger partial charge in [-0.25, -0.2) is 14.5 Å². The van der Waals surface area contributed by atoms with Crippen LogP contribution in [0.15, 0.2) is 42.9 Å². The molecule has 0 bridgehead atoms. The van der Waals surface area contributed by atoms with Crippen molar-refractivity contribution in [1.29, 1.82) is 0 Å². The molecule has 5 heterocycles. The molecule has 0 saturated carbocycles. The number of amides is 1. The summed E-state index contributed by atoms with van der Waals surface area (Å²) < 4.78 is 1.72. The summed E-state index contributed by atoms with van der Waals surface area (Å²) in [6.07, 6.45) is 6.48. The summed E-state index contributed by atoms with van der Waals surface area (Å²) in [5.74, 6) is 0.688. The van der Waals surface area contributed by atoms with Gasteiger partial charge in [0, 0.05) is 17.5 Å². The fourth-order valence-corrected chi connectivity index (χ4v) is 3.91. The van der Waals surface area contributed by atoms with Crippen LogP contribution in [0.25, 0.3) is 28.3 Å². The quantitative estimate of drug-likeness (QED) is 0.460. The van der Waals surface area contributed by atoms with Gasteiger partial charge in [-0.15, -0.1) is 0 Å². The molecule has 0 aliphatic carbocycles. The van der Waals surface area contributed by atoms with Crippen molar-refractivity contribution in [2.24, 2.45) is 0 Å². The summed E-state index contributed by atoms with van der Waals surface area (Å²) in [6, 6.07) is 9.62. The zero-order valence-electron chi connectivity index (χ0n) is 17.3. The number of rotatable bonds is 5. The molecular formula is C22H24N8O. The second kappa shape index (κ2) is 8.27. The van der Waals surface area contributed by atoms with Gasteiger partial charge in [-0.05, 0) is 50.6 Å². The van der Waals surface area contributed by atoms with E-state index in [2.05, 4.69) is 30.7 Å². The Morgan fingerprint density at radius 1 is 1.23 bits per heavy atom. The standard InChI is InChI=1S/C22H24N8O/c1-14-5-4-7-16(27-14)21-20(15-8-9-19-25-13-26-30(19)12-15)28-18(29-21)11-24-22(31)17-6-2-3-10-23-17/h4-5,7-9,12-13,17,23H,2-3,6,10-11H2,1H3,(H,24,31)(H,28,29)/t17-/m0/s1. The van der Waals surface area contributed by atoms with Gasteiger partial charge >= 0.3 is 0 Å². The van der Waals surface area contributed by atoms with Crippen molar-refractivity contribution in [3.63, 3.8) is 0 Å². The third kappa shape index (κ3) is 4.04. The van der Waals surface area contributed by atoms with Gasteiger partial charge in [-0.1, -0.05) is 12.5 Å². The van der Waals surface area contributed by atoms with Crippen molar-refractivity contribution >= 4 is 11.6 Å². The maximum Gasteiger partial charge on any atom is 0.237 e. The summed E-state index contributed by atoms with van der Waals surface area (Å²) in [4.78, 5) is 29.6. The van der Waals surface area contributed by atoms with E-state index < -0.39 is 0 Å². The lowest BCUT2D eigenvalue weighted by Gasteiger charge is -2.22. The maximum absolute atomic E-state index is 12.5. The molecule has 5 rings (SSSR count). The highest BCUT2D eigenvalue weighted by Gasteiger charge is 2.21. The van der Waals surface area contributed by atoms with Crippen LogP contribution in [-0.4, -0.2) is 48.0 Å². The smallest absolute Gasteiger partial charge is 0.237 e. The SMILES string of the molecule is Cc1cccc(-c2[nH]c(CNC(=O)[C@@H]3CCCCN3)nc2-c2ccc3ncnn3c2)n1. The van der Waals surface area contributed by atoms with Crippen molar-refractivity contribution < 1.29 is 4.79 Å². The largest absolute Gasteiger partial charge is 0.348 e. The minimum absolute atomic E-state index is 0.0110. The zero-order chi connectivity index (χ0) is 21.2. The monoisotopic (exact) mass is 416 g/mol. The molecule has 0 spiro atoms. The number of fused-ring (bicyclic) bond motifs is 1. The molecule has 1 fully saturated rings. The van der Waals surface area contributed by atoms with Crippen molar-refractivity contribution in [3.05, 3.63) is 54.4 Å². The number of nitrogens with one attached hydrogen (secondary N) is 3. The number of piperidine rings is 1. The van der Waals surface area contributed by atoms with Crippen LogP contribution in [0.3, 0.4) is 0 Å². The van der Waals surface area contributed by atoms with E-state index in [9.17, 15) is 4.79 Å². The van der Waals surface area contributed by atoms with E-state index >= 15 is 0 Å². The van der Waals surface area contributed by atoms with Crippen LogP contribution in [-0.2, 0) is 11.3 Å². The zero-order valence-corrected chi connectivity index (χ0v) is 17.3. The lowest BCUT2D eigenvalue weighted by Crippen LogP contribution is -2.46. The first-order chi connectivity index (χ1) is 15.2. The van der Waals surface area contributed by atoms with Crippen LogP contribution in [0.4, 0.5) is 0 Å². The Morgan fingerprint density at radius 2 is 2.16 bits per heavy atom. The molecule has 9 nitrogen and oxygen atoms in total. The second-order valence-corrected chi connectivity index (χ2v) is 7.77. The number of hydrogen-bond donors (Lipinski definition) is 3. The van der Waals surface area contributed by atoms with Gasteiger partial charge < -0.3 is 15.6 Å². The van der Waals surface area contributed by atoms with E-state index in [1.54, 1.807) is 4.52 Å². The molecule has 1 aliphatic heterocycles. The normalized spacial score (nSPS) is 16.5. The topological polar surface area (TPSA) is 113 Å². The number of aromatic amines is 1. The van der Waals surface area contributed by atoms with Crippen molar-refractivity contribution in [3.8, 4) is 22.6 Å². The molecule has 1 aliphatic rings. The third-order valence-corrected chi connectivity index (χ3v) is 5.50. The van der Waals surface area contributed by atoms with E-state index in [-0.39, 0.29) is 11.9 Å². The molecule has 1 amide bonds. The Morgan fingerprint density at radius 3 is 3.00 bits per heavy atom. The van der Waals surface area contributed by atoms with Crippen molar-refractivity contribution in [1.82, 2.24) is 40.2 Å². The third-order valence-electron chi connectivity index (χ3n) is 5.50. The number of hydrogen-bond acceptors (Lipinski definition) is 6. The maximum atomic E-state index is 12.5. The van der Waals surface area contributed by atoms with Crippen LogP contribution in [0, 0.1) is 6.92 Å². The molecule has 1 saturated heterocycles. The number of aromatic nitrogens is 6. The van der Waals surface area contributed by atoms with E-state index in [0.717, 1.165) is 59.8 Å². The average molecular weight is 416 g/mol. The molecule has 4 aromatic heterocycles. The molecule has 0 aromatic carbocycles. The Kier molecular flexibility index (Phi) is 5.17. The first-order valence-electron chi connectivity index (χ1n) is 10.5. The summed E-state index contributed by atoms with van der Waals surface area (Å²) in [5.41, 5.74) is 4.94. The highest BCUT2D eigenvalue weighted by Crippen LogP contribution is 2.29. The van der Waals surface area contributed by atoms with Gasteiger partial charge in [-0.3, -0.25) is 9.78 Å². The number of nitrogens with zero attached hydrogens (tertiary/aromatic N) is 5. The lowest BCUT2D eigenvalue weighted by molar-refractivity contribution is -0.123. The molecule has 158 valence electrons. The summed E-state index contributed by atoms with van der Waals surface area (Å²) in [6.45, 7) is 3.16. The van der Waals surface area contributed by atoms with Gasteiger partial charge in [0.1, 0.15) is 12.2 Å². The fraction of sp³-hybridized carbons (Fsp3) is 0.318. The Balaban J connectivity index is 1.46. The lowest BCUT2D eigenvalue weighted by atomic mass is 10.0.